The minimum Gasteiger partial charge on any atom is -1.00 e. The Bertz CT molecular complexity index is 257. The number of nitrogens with one attached hydrogen (secondary N) is 1. The average molecular weight is 404 g/mol. The van der Waals surface area contributed by atoms with E-state index in [-0.39, 0.29) is 12.4 Å². The zero-order valence-electron chi connectivity index (χ0n) is 19.6. The zero-order valence-corrected chi connectivity index (χ0v) is 20.4. The van der Waals surface area contributed by atoms with E-state index in [0.29, 0.717) is 0 Å². The maximum absolute atomic E-state index is 2.46. The molecular formula is C25H54ClN. The fourth-order valence-electron chi connectivity index (χ4n) is 4.02. The van der Waals surface area contributed by atoms with Crippen LogP contribution in [0.2, 0.25) is 0 Å². The fourth-order valence-corrected chi connectivity index (χ4v) is 4.02. The molecular weight excluding hydrogens is 350 g/mol. The Kier molecular flexibility index (Phi) is 26.5. The van der Waals surface area contributed by atoms with Gasteiger partial charge in [-0.3, -0.25) is 0 Å². The highest BCUT2D eigenvalue weighted by Crippen LogP contribution is 2.16. The van der Waals surface area contributed by atoms with Gasteiger partial charge in [0.1, 0.15) is 0 Å². The first-order valence-corrected chi connectivity index (χ1v) is 12.5. The fraction of sp³-hybridized carbons (Fsp3) is 1.00. The molecule has 0 rings (SSSR count). The zero-order chi connectivity index (χ0) is 19.3. The second-order valence-electron chi connectivity index (χ2n) is 9.09. The van der Waals surface area contributed by atoms with E-state index in [9.17, 15) is 0 Å². The van der Waals surface area contributed by atoms with E-state index in [2.05, 4.69) is 27.8 Å². The van der Waals surface area contributed by atoms with Gasteiger partial charge >= 0.3 is 0 Å². The molecule has 0 aromatic carbocycles. The lowest BCUT2D eigenvalue weighted by molar-refractivity contribution is -0.880. The molecule has 2 unspecified atom stereocenters. The summed E-state index contributed by atoms with van der Waals surface area (Å²) in [5.74, 6) is 0.960. The van der Waals surface area contributed by atoms with Crippen molar-refractivity contribution in [1.29, 1.82) is 0 Å². The minimum atomic E-state index is 0. The van der Waals surface area contributed by atoms with Gasteiger partial charge in [-0.25, -0.2) is 0 Å². The highest BCUT2D eigenvalue weighted by molar-refractivity contribution is 4.54. The Morgan fingerprint density at radius 3 is 1.33 bits per heavy atom. The van der Waals surface area contributed by atoms with Crippen molar-refractivity contribution in [2.24, 2.45) is 5.92 Å². The molecule has 0 aliphatic heterocycles. The minimum absolute atomic E-state index is 0. The Labute approximate surface area is 179 Å². The van der Waals surface area contributed by atoms with E-state index >= 15 is 0 Å². The Balaban J connectivity index is 0. The highest BCUT2D eigenvalue weighted by atomic mass is 35.5. The number of hydrogen-bond donors (Lipinski definition) is 1. The van der Waals surface area contributed by atoms with Crippen LogP contribution in [0.15, 0.2) is 0 Å². The summed E-state index contributed by atoms with van der Waals surface area (Å²) in [5, 5.41) is 0. The predicted molar refractivity (Wildman–Crippen MR) is 120 cm³/mol. The monoisotopic (exact) mass is 403 g/mol. The molecule has 0 bridgehead atoms. The van der Waals surface area contributed by atoms with Crippen molar-refractivity contribution in [3.63, 3.8) is 0 Å². The second kappa shape index (κ2) is 24.3. The molecule has 0 saturated heterocycles. The van der Waals surface area contributed by atoms with Crippen LogP contribution in [0.5, 0.6) is 0 Å². The molecule has 0 aliphatic carbocycles. The van der Waals surface area contributed by atoms with E-state index < -0.39 is 0 Å². The molecule has 2 atom stereocenters. The number of rotatable bonds is 21. The van der Waals surface area contributed by atoms with Gasteiger partial charge in [-0.15, -0.1) is 0 Å². The molecule has 0 aromatic heterocycles. The summed E-state index contributed by atoms with van der Waals surface area (Å²) in [6.07, 6.45) is 26.0. The largest absolute Gasteiger partial charge is 1.00 e. The van der Waals surface area contributed by atoms with Crippen LogP contribution in [0, 0.1) is 5.92 Å². The smallest absolute Gasteiger partial charge is 0.0768 e. The molecule has 0 aromatic rings. The van der Waals surface area contributed by atoms with Gasteiger partial charge in [0.05, 0.1) is 20.1 Å². The Morgan fingerprint density at radius 1 is 0.519 bits per heavy atom. The van der Waals surface area contributed by atoms with Gasteiger partial charge in [0, 0.05) is 0 Å². The summed E-state index contributed by atoms with van der Waals surface area (Å²) in [7, 11) is 2.40. The highest BCUT2D eigenvalue weighted by Gasteiger charge is 2.04. The lowest BCUT2D eigenvalue weighted by Crippen LogP contribution is -3.09. The lowest BCUT2D eigenvalue weighted by Gasteiger charge is -2.14. The normalized spacial score (nSPS) is 13.3. The van der Waals surface area contributed by atoms with Crippen LogP contribution in [0.25, 0.3) is 0 Å². The first-order chi connectivity index (χ1) is 12.7. The van der Waals surface area contributed by atoms with Crippen LogP contribution in [0.3, 0.4) is 0 Å². The number of unbranched alkanes of at least 4 members (excludes halogenated alkanes) is 13. The molecule has 1 nitrogen and oxygen atoms in total. The molecule has 2 heteroatoms. The van der Waals surface area contributed by atoms with Crippen LogP contribution in [-0.2, 0) is 0 Å². The van der Waals surface area contributed by atoms with Gasteiger partial charge < -0.3 is 17.3 Å². The van der Waals surface area contributed by atoms with Crippen LogP contribution >= 0.6 is 0 Å². The van der Waals surface area contributed by atoms with Crippen LogP contribution in [0.4, 0.5) is 0 Å². The summed E-state index contributed by atoms with van der Waals surface area (Å²) < 4.78 is 0. The maximum atomic E-state index is 2.46. The molecule has 0 saturated carbocycles. The average Bonchev–Trinajstić information content (AvgIpc) is 2.63. The van der Waals surface area contributed by atoms with Crippen molar-refractivity contribution >= 4 is 0 Å². The number of hydrogen-bond acceptors (Lipinski definition) is 0. The molecule has 0 spiro atoms. The molecule has 0 fully saturated rings. The third-order valence-electron chi connectivity index (χ3n) is 6.06. The standard InChI is InChI=1S/C25H53N.ClH/c1-5-7-9-10-11-12-13-15-19-23-26(4)24-20-16-14-18-22-25(3)21-17-8-6-2;/h25H,5-24H2,1-4H3;1H. The summed E-state index contributed by atoms with van der Waals surface area (Å²) in [5.41, 5.74) is 0. The van der Waals surface area contributed by atoms with Crippen molar-refractivity contribution < 1.29 is 17.3 Å². The quantitative estimate of drug-likeness (QED) is 0.274. The predicted octanol–water partition coefficient (Wildman–Crippen LogP) is 4.20. The van der Waals surface area contributed by atoms with Crippen molar-refractivity contribution in [2.75, 3.05) is 20.1 Å². The Morgan fingerprint density at radius 2 is 0.852 bits per heavy atom. The summed E-state index contributed by atoms with van der Waals surface area (Å²) >= 11 is 0. The van der Waals surface area contributed by atoms with Gasteiger partial charge in [0.25, 0.3) is 0 Å². The molecule has 1 N–H and O–H groups in total. The number of quaternary nitrogens is 1. The third kappa shape index (κ3) is 24.2. The molecule has 166 valence electrons. The van der Waals surface area contributed by atoms with Gasteiger partial charge in [0.2, 0.25) is 0 Å². The van der Waals surface area contributed by atoms with Crippen molar-refractivity contribution in [2.45, 2.75) is 136 Å². The molecule has 27 heavy (non-hydrogen) atoms. The van der Waals surface area contributed by atoms with Gasteiger partial charge in [-0.2, -0.15) is 0 Å². The second-order valence-corrected chi connectivity index (χ2v) is 9.09. The SMILES string of the molecule is CCCCCCCCCCC[NH+](C)CCCCCCC(C)CCCCC.[Cl-]. The molecule has 0 aliphatic rings. The van der Waals surface area contributed by atoms with Crippen LogP contribution in [0.1, 0.15) is 136 Å². The van der Waals surface area contributed by atoms with E-state index in [1.54, 1.807) is 4.90 Å². The summed E-state index contributed by atoms with van der Waals surface area (Å²) in [6, 6.07) is 0. The maximum Gasteiger partial charge on any atom is 0.0768 e. The summed E-state index contributed by atoms with van der Waals surface area (Å²) in [4.78, 5) is 1.76. The molecule has 0 radical (unpaired) electrons. The summed E-state index contributed by atoms with van der Waals surface area (Å²) in [6.45, 7) is 9.85. The first kappa shape index (κ1) is 29.5. The number of halogens is 1. The lowest BCUT2D eigenvalue weighted by atomic mass is 9.97. The van der Waals surface area contributed by atoms with Crippen molar-refractivity contribution in [3.05, 3.63) is 0 Å². The third-order valence-corrected chi connectivity index (χ3v) is 6.06. The van der Waals surface area contributed by atoms with E-state index in [0.717, 1.165) is 5.92 Å². The van der Waals surface area contributed by atoms with Gasteiger partial charge in [-0.05, 0) is 31.6 Å². The molecule has 0 heterocycles. The van der Waals surface area contributed by atoms with E-state index in [4.69, 9.17) is 0 Å². The van der Waals surface area contributed by atoms with Crippen LogP contribution in [-0.4, -0.2) is 20.1 Å². The van der Waals surface area contributed by atoms with Crippen molar-refractivity contribution in [1.82, 2.24) is 0 Å². The topological polar surface area (TPSA) is 4.44 Å². The Hall–Kier alpha value is 0.250. The molecule has 0 amide bonds. The van der Waals surface area contributed by atoms with Gasteiger partial charge in [0.15, 0.2) is 0 Å². The van der Waals surface area contributed by atoms with Crippen LogP contribution < -0.4 is 17.3 Å². The van der Waals surface area contributed by atoms with E-state index in [1.165, 1.54) is 129 Å². The first-order valence-electron chi connectivity index (χ1n) is 12.5. The van der Waals surface area contributed by atoms with E-state index in [1.807, 2.05) is 0 Å². The van der Waals surface area contributed by atoms with Crippen molar-refractivity contribution in [3.8, 4) is 0 Å². The van der Waals surface area contributed by atoms with Gasteiger partial charge in [-0.1, -0.05) is 111 Å².